The Morgan fingerprint density at radius 1 is 1.16 bits per heavy atom. The van der Waals surface area contributed by atoms with Gasteiger partial charge in [-0.25, -0.2) is 9.97 Å². The van der Waals surface area contributed by atoms with Gasteiger partial charge in [-0.1, -0.05) is 29.8 Å². The van der Waals surface area contributed by atoms with Crippen molar-refractivity contribution < 1.29 is 5.11 Å². The van der Waals surface area contributed by atoms with Gasteiger partial charge in [-0.15, -0.1) is 0 Å². The Morgan fingerprint density at radius 3 is 2.68 bits per heavy atom. The molecule has 0 aliphatic rings. The normalized spacial score (nSPS) is 11.1. The number of nitrogens with zero attached hydrogens (tertiary/aromatic N) is 3. The summed E-state index contributed by atoms with van der Waals surface area (Å²) in [7, 11) is 0. The van der Waals surface area contributed by atoms with Crippen molar-refractivity contribution in [3.63, 3.8) is 0 Å². The zero-order valence-electron chi connectivity index (χ0n) is 10.7. The van der Waals surface area contributed by atoms with Gasteiger partial charge in [0.2, 0.25) is 0 Å². The number of aliphatic hydroxyl groups is 1. The summed E-state index contributed by atoms with van der Waals surface area (Å²) in [4.78, 5) is 8.75. The summed E-state index contributed by atoms with van der Waals surface area (Å²) in [5.41, 5.74) is 4.04. The van der Waals surface area contributed by atoms with Crippen LogP contribution in [0.3, 0.4) is 0 Å². The minimum Gasteiger partial charge on any atom is -0.388 e. The lowest BCUT2D eigenvalue weighted by molar-refractivity contribution is 0.267. The first kappa shape index (κ1) is 11.9. The molecule has 1 N–H and O–H groups in total. The Hall–Kier alpha value is -2.20. The largest absolute Gasteiger partial charge is 0.388 e. The predicted molar refractivity (Wildman–Crippen MR) is 73.7 cm³/mol. The molecule has 0 spiro atoms. The van der Waals surface area contributed by atoms with Crippen molar-refractivity contribution in [3.05, 3.63) is 59.5 Å². The van der Waals surface area contributed by atoms with Crippen molar-refractivity contribution in [1.82, 2.24) is 14.5 Å². The lowest BCUT2D eigenvalue weighted by Crippen LogP contribution is -2.05. The summed E-state index contributed by atoms with van der Waals surface area (Å²) in [5.74, 6) is 0.647. The van der Waals surface area contributed by atoms with Crippen molar-refractivity contribution in [2.75, 3.05) is 0 Å². The molecule has 0 bridgehead atoms. The highest BCUT2D eigenvalue weighted by atomic mass is 16.3. The molecule has 1 aromatic carbocycles. The van der Waals surface area contributed by atoms with Gasteiger partial charge in [-0.05, 0) is 24.6 Å². The number of pyridine rings is 1. The van der Waals surface area contributed by atoms with Crippen molar-refractivity contribution in [3.8, 4) is 0 Å². The lowest BCUT2D eigenvalue weighted by atomic mass is 10.1. The van der Waals surface area contributed by atoms with E-state index in [4.69, 9.17) is 0 Å². The molecule has 2 heterocycles. The summed E-state index contributed by atoms with van der Waals surface area (Å²) in [5, 5.41) is 9.43. The maximum absolute atomic E-state index is 9.43. The number of imidazole rings is 1. The van der Waals surface area contributed by atoms with Crippen LogP contribution < -0.4 is 0 Å². The molecule has 96 valence electrons. The number of fused-ring (bicyclic) bond motifs is 1. The van der Waals surface area contributed by atoms with Crippen LogP contribution in [0, 0.1) is 6.92 Å². The van der Waals surface area contributed by atoms with Gasteiger partial charge in [-0.3, -0.25) is 0 Å². The number of benzene rings is 1. The van der Waals surface area contributed by atoms with Crippen LogP contribution in [0.1, 0.15) is 17.0 Å². The van der Waals surface area contributed by atoms with E-state index in [2.05, 4.69) is 41.2 Å². The molecule has 0 saturated heterocycles. The van der Waals surface area contributed by atoms with Crippen LogP contribution in [0.5, 0.6) is 0 Å². The zero-order valence-corrected chi connectivity index (χ0v) is 10.7. The number of aliphatic hydroxyl groups excluding tert-OH is 1. The predicted octanol–water partition coefficient (Wildman–Crippen LogP) is 2.28. The van der Waals surface area contributed by atoms with Gasteiger partial charge in [0.15, 0.2) is 5.65 Å². The second-order valence-corrected chi connectivity index (χ2v) is 4.60. The van der Waals surface area contributed by atoms with Gasteiger partial charge in [-0.2, -0.15) is 0 Å². The smallest absolute Gasteiger partial charge is 0.160 e. The Bertz CT molecular complexity index is 701. The fourth-order valence-electron chi connectivity index (χ4n) is 2.17. The van der Waals surface area contributed by atoms with Gasteiger partial charge in [0.25, 0.3) is 0 Å². The van der Waals surface area contributed by atoms with Crippen molar-refractivity contribution in [2.24, 2.45) is 0 Å². The van der Waals surface area contributed by atoms with Crippen LogP contribution in [-0.4, -0.2) is 19.6 Å². The molecule has 2 aromatic heterocycles. The molecule has 4 heteroatoms. The highest BCUT2D eigenvalue weighted by Gasteiger charge is 2.10. The number of hydrogen-bond acceptors (Lipinski definition) is 3. The molecular formula is C15H15N3O. The molecular weight excluding hydrogens is 238 g/mol. The van der Waals surface area contributed by atoms with E-state index in [1.165, 1.54) is 11.1 Å². The summed E-state index contributed by atoms with van der Waals surface area (Å²) in [6.45, 7) is 2.66. The minimum atomic E-state index is -0.0811. The van der Waals surface area contributed by atoms with E-state index in [0.29, 0.717) is 12.4 Å². The molecule has 0 unspecified atom stereocenters. The number of hydrogen-bond donors (Lipinski definition) is 1. The second-order valence-electron chi connectivity index (χ2n) is 4.60. The summed E-state index contributed by atoms with van der Waals surface area (Å²) in [6, 6.07) is 12.1. The Morgan fingerprint density at radius 2 is 1.95 bits per heavy atom. The van der Waals surface area contributed by atoms with Crippen molar-refractivity contribution in [1.29, 1.82) is 0 Å². The van der Waals surface area contributed by atoms with Gasteiger partial charge < -0.3 is 9.67 Å². The third-order valence-electron chi connectivity index (χ3n) is 3.19. The first-order valence-corrected chi connectivity index (χ1v) is 6.24. The van der Waals surface area contributed by atoms with E-state index in [-0.39, 0.29) is 6.61 Å². The molecule has 0 fully saturated rings. The molecule has 0 aliphatic heterocycles. The number of rotatable bonds is 3. The maximum atomic E-state index is 9.43. The zero-order chi connectivity index (χ0) is 13.2. The molecule has 19 heavy (non-hydrogen) atoms. The molecule has 0 saturated carbocycles. The summed E-state index contributed by atoms with van der Waals surface area (Å²) in [6.07, 6.45) is 1.75. The van der Waals surface area contributed by atoms with E-state index in [1.54, 1.807) is 6.20 Å². The second kappa shape index (κ2) is 4.82. The highest BCUT2D eigenvalue weighted by molar-refractivity contribution is 5.71. The third kappa shape index (κ3) is 2.22. The SMILES string of the molecule is Cc1ccc(Cn2c(CO)nc3cccnc32)cc1. The van der Waals surface area contributed by atoms with E-state index >= 15 is 0 Å². The van der Waals surface area contributed by atoms with Crippen molar-refractivity contribution in [2.45, 2.75) is 20.1 Å². The monoisotopic (exact) mass is 253 g/mol. The Balaban J connectivity index is 2.06. The summed E-state index contributed by atoms with van der Waals surface area (Å²) < 4.78 is 1.96. The average Bonchev–Trinajstić information content (AvgIpc) is 2.79. The van der Waals surface area contributed by atoms with Crippen molar-refractivity contribution >= 4 is 11.2 Å². The maximum Gasteiger partial charge on any atom is 0.160 e. The Labute approximate surface area is 111 Å². The van der Waals surface area contributed by atoms with Gasteiger partial charge >= 0.3 is 0 Å². The molecule has 4 nitrogen and oxygen atoms in total. The first-order chi connectivity index (χ1) is 9.28. The molecule has 3 rings (SSSR count). The third-order valence-corrected chi connectivity index (χ3v) is 3.19. The first-order valence-electron chi connectivity index (χ1n) is 6.24. The van der Waals surface area contributed by atoms with E-state index in [9.17, 15) is 5.11 Å². The molecule has 0 atom stereocenters. The standard InChI is InChI=1S/C15H15N3O/c1-11-4-6-12(7-5-11)9-18-14(10-19)17-13-3-2-8-16-15(13)18/h2-8,19H,9-10H2,1H3. The van der Waals surface area contributed by atoms with Crippen LogP contribution >= 0.6 is 0 Å². The van der Waals surface area contributed by atoms with Crippen LogP contribution in [0.25, 0.3) is 11.2 Å². The van der Waals surface area contributed by atoms with Gasteiger partial charge in [0.1, 0.15) is 17.9 Å². The van der Waals surface area contributed by atoms with Crippen LogP contribution in [0.15, 0.2) is 42.6 Å². The fourth-order valence-corrected chi connectivity index (χ4v) is 2.17. The topological polar surface area (TPSA) is 50.9 Å². The Kier molecular flexibility index (Phi) is 3.01. The highest BCUT2D eigenvalue weighted by Crippen LogP contribution is 2.16. The van der Waals surface area contributed by atoms with E-state index in [0.717, 1.165) is 11.2 Å². The molecule has 0 radical (unpaired) electrons. The summed E-state index contributed by atoms with van der Waals surface area (Å²) >= 11 is 0. The van der Waals surface area contributed by atoms with Crippen LogP contribution in [-0.2, 0) is 13.2 Å². The van der Waals surface area contributed by atoms with E-state index < -0.39 is 0 Å². The van der Waals surface area contributed by atoms with Gasteiger partial charge in [0, 0.05) is 6.20 Å². The minimum absolute atomic E-state index is 0.0811. The van der Waals surface area contributed by atoms with Gasteiger partial charge in [0.05, 0.1) is 6.54 Å². The number of aromatic nitrogens is 3. The van der Waals surface area contributed by atoms with E-state index in [1.807, 2.05) is 16.7 Å². The number of aryl methyl sites for hydroxylation is 1. The quantitative estimate of drug-likeness (QED) is 0.779. The molecule has 0 amide bonds. The average molecular weight is 253 g/mol. The fraction of sp³-hybridized carbons (Fsp3) is 0.200. The molecule has 0 aliphatic carbocycles. The lowest BCUT2D eigenvalue weighted by Gasteiger charge is -2.07. The molecule has 3 aromatic rings. The van der Waals surface area contributed by atoms with Crippen LogP contribution in [0.4, 0.5) is 0 Å². The van der Waals surface area contributed by atoms with Crippen LogP contribution in [0.2, 0.25) is 0 Å².